The van der Waals surface area contributed by atoms with Crippen molar-refractivity contribution >= 4 is 0 Å². The third kappa shape index (κ3) is 1.58. The molecule has 2 heteroatoms. The molecule has 0 aromatic heterocycles. The van der Waals surface area contributed by atoms with E-state index >= 15 is 0 Å². The molecule has 1 aliphatic carbocycles. The largest absolute Gasteiger partial charge is 0.330 e. The summed E-state index contributed by atoms with van der Waals surface area (Å²) in [6.07, 6.45) is 6.82. The normalized spacial score (nSPS) is 32.6. The molecule has 0 radical (unpaired) electrons. The van der Waals surface area contributed by atoms with E-state index in [0.717, 1.165) is 13.1 Å². The first-order valence-corrected chi connectivity index (χ1v) is 3.95. The summed E-state index contributed by atoms with van der Waals surface area (Å²) in [4.78, 5) is 0. The van der Waals surface area contributed by atoms with Gasteiger partial charge in [-0.3, -0.25) is 0 Å². The van der Waals surface area contributed by atoms with Gasteiger partial charge in [-0.2, -0.15) is 0 Å². The highest BCUT2D eigenvalue weighted by Gasteiger charge is 2.17. The Morgan fingerprint density at radius 2 is 2.10 bits per heavy atom. The highest BCUT2D eigenvalue weighted by atomic mass is 14.6. The summed E-state index contributed by atoms with van der Waals surface area (Å²) >= 11 is 0. The van der Waals surface area contributed by atoms with E-state index in [9.17, 15) is 0 Å². The zero-order valence-corrected chi connectivity index (χ0v) is 6.29. The zero-order chi connectivity index (χ0) is 7.40. The topological polar surface area (TPSA) is 52.0 Å². The van der Waals surface area contributed by atoms with Gasteiger partial charge in [0.25, 0.3) is 0 Å². The molecule has 2 nitrogen and oxygen atoms in total. The maximum atomic E-state index is 5.58. The summed E-state index contributed by atoms with van der Waals surface area (Å²) < 4.78 is 0. The van der Waals surface area contributed by atoms with Gasteiger partial charge in [0.15, 0.2) is 0 Å². The van der Waals surface area contributed by atoms with Crippen molar-refractivity contribution < 1.29 is 0 Å². The fraction of sp³-hybridized carbons (Fsp3) is 0.750. The first-order chi connectivity index (χ1) is 4.88. The third-order valence-electron chi connectivity index (χ3n) is 2.27. The van der Waals surface area contributed by atoms with E-state index in [1.165, 1.54) is 12.8 Å². The molecular weight excluding hydrogens is 124 g/mol. The third-order valence-corrected chi connectivity index (χ3v) is 2.27. The summed E-state index contributed by atoms with van der Waals surface area (Å²) in [5, 5.41) is 0. The van der Waals surface area contributed by atoms with E-state index < -0.39 is 0 Å². The molecule has 2 atom stereocenters. The van der Waals surface area contributed by atoms with Crippen LogP contribution in [0.4, 0.5) is 0 Å². The van der Waals surface area contributed by atoms with E-state index in [1.54, 1.807) is 0 Å². The molecule has 0 amide bonds. The number of nitrogens with two attached hydrogens (primary N) is 2. The van der Waals surface area contributed by atoms with Gasteiger partial charge < -0.3 is 11.5 Å². The summed E-state index contributed by atoms with van der Waals surface area (Å²) in [5.41, 5.74) is 11.1. The van der Waals surface area contributed by atoms with Crippen LogP contribution >= 0.6 is 0 Å². The van der Waals surface area contributed by atoms with Crippen LogP contribution in [0.5, 0.6) is 0 Å². The van der Waals surface area contributed by atoms with E-state index in [0.29, 0.717) is 11.8 Å². The maximum absolute atomic E-state index is 5.58. The molecule has 2 unspecified atom stereocenters. The molecule has 0 aromatic rings. The average Bonchev–Trinajstić information content (AvgIpc) is 2.04. The zero-order valence-electron chi connectivity index (χ0n) is 6.29. The number of hydrogen-bond donors (Lipinski definition) is 2. The summed E-state index contributed by atoms with van der Waals surface area (Å²) in [6, 6.07) is 0. The Hall–Kier alpha value is -0.340. The van der Waals surface area contributed by atoms with Crippen molar-refractivity contribution in [2.45, 2.75) is 12.8 Å². The van der Waals surface area contributed by atoms with Crippen LogP contribution in [-0.2, 0) is 0 Å². The highest BCUT2D eigenvalue weighted by molar-refractivity contribution is 4.97. The predicted molar refractivity (Wildman–Crippen MR) is 43.5 cm³/mol. The van der Waals surface area contributed by atoms with Gasteiger partial charge in [0.05, 0.1) is 0 Å². The van der Waals surface area contributed by atoms with E-state index in [2.05, 4.69) is 12.2 Å². The van der Waals surface area contributed by atoms with Crippen molar-refractivity contribution in [3.8, 4) is 0 Å². The minimum atomic E-state index is 0.541. The Morgan fingerprint density at radius 1 is 1.30 bits per heavy atom. The lowest BCUT2D eigenvalue weighted by Gasteiger charge is -2.24. The summed E-state index contributed by atoms with van der Waals surface area (Å²) in [7, 11) is 0. The Kier molecular flexibility index (Phi) is 2.90. The number of allylic oxidation sites excluding steroid dienone is 1. The smallest absolute Gasteiger partial charge is 0.00110 e. The van der Waals surface area contributed by atoms with Crippen molar-refractivity contribution in [3.63, 3.8) is 0 Å². The Labute approximate surface area is 62.3 Å². The lowest BCUT2D eigenvalue weighted by molar-refractivity contribution is 0.371. The van der Waals surface area contributed by atoms with Crippen molar-refractivity contribution in [3.05, 3.63) is 12.2 Å². The van der Waals surface area contributed by atoms with Crippen LogP contribution in [0.25, 0.3) is 0 Å². The molecular formula is C8H16N2. The molecule has 0 aliphatic heterocycles. The van der Waals surface area contributed by atoms with Crippen LogP contribution in [-0.4, -0.2) is 13.1 Å². The second kappa shape index (κ2) is 3.74. The van der Waals surface area contributed by atoms with E-state index in [1.807, 2.05) is 0 Å². The Bertz CT molecular complexity index is 120. The molecule has 0 spiro atoms. The highest BCUT2D eigenvalue weighted by Crippen LogP contribution is 2.22. The molecule has 0 fully saturated rings. The molecule has 4 N–H and O–H groups in total. The molecule has 1 aliphatic rings. The molecule has 0 bridgehead atoms. The quantitative estimate of drug-likeness (QED) is 0.548. The molecule has 0 heterocycles. The number of hydrogen-bond acceptors (Lipinski definition) is 2. The minimum Gasteiger partial charge on any atom is -0.330 e. The maximum Gasteiger partial charge on any atom is -0.00110 e. The van der Waals surface area contributed by atoms with Gasteiger partial charge >= 0.3 is 0 Å². The van der Waals surface area contributed by atoms with Crippen LogP contribution in [0.1, 0.15) is 12.8 Å². The van der Waals surface area contributed by atoms with Crippen LogP contribution in [0, 0.1) is 11.8 Å². The lowest BCUT2D eigenvalue weighted by Crippen LogP contribution is -2.29. The predicted octanol–water partition coefficient (Wildman–Crippen LogP) is 0.486. The van der Waals surface area contributed by atoms with Crippen molar-refractivity contribution in [2.75, 3.05) is 13.1 Å². The van der Waals surface area contributed by atoms with Crippen LogP contribution in [0.2, 0.25) is 0 Å². The summed E-state index contributed by atoms with van der Waals surface area (Å²) in [5.74, 6) is 1.17. The molecule has 10 heavy (non-hydrogen) atoms. The SMILES string of the molecule is NCC1C=CCCC1CN. The Balaban J connectivity index is 2.47. The molecule has 1 rings (SSSR count). The lowest BCUT2D eigenvalue weighted by atomic mass is 9.84. The minimum absolute atomic E-state index is 0.541. The van der Waals surface area contributed by atoms with Crippen molar-refractivity contribution in [1.29, 1.82) is 0 Å². The fourth-order valence-corrected chi connectivity index (χ4v) is 1.52. The summed E-state index contributed by atoms with van der Waals surface area (Å²) in [6.45, 7) is 1.53. The van der Waals surface area contributed by atoms with Gasteiger partial charge in [-0.05, 0) is 37.8 Å². The Morgan fingerprint density at radius 3 is 2.60 bits per heavy atom. The fourth-order valence-electron chi connectivity index (χ4n) is 1.52. The second-order valence-corrected chi connectivity index (χ2v) is 2.90. The van der Waals surface area contributed by atoms with E-state index in [-0.39, 0.29) is 0 Å². The van der Waals surface area contributed by atoms with Crippen LogP contribution in [0.15, 0.2) is 12.2 Å². The standard InChI is InChI=1S/C8H16N2/c9-5-7-3-1-2-4-8(7)6-10/h1,3,7-8H,2,4-6,9-10H2. The van der Waals surface area contributed by atoms with Gasteiger partial charge in [0.1, 0.15) is 0 Å². The van der Waals surface area contributed by atoms with Gasteiger partial charge in [-0.15, -0.1) is 0 Å². The van der Waals surface area contributed by atoms with Crippen LogP contribution < -0.4 is 11.5 Å². The first-order valence-electron chi connectivity index (χ1n) is 3.95. The van der Waals surface area contributed by atoms with Crippen molar-refractivity contribution in [1.82, 2.24) is 0 Å². The number of rotatable bonds is 2. The molecule has 58 valence electrons. The van der Waals surface area contributed by atoms with E-state index in [4.69, 9.17) is 11.5 Å². The monoisotopic (exact) mass is 140 g/mol. The average molecular weight is 140 g/mol. The van der Waals surface area contributed by atoms with Crippen LogP contribution in [0.3, 0.4) is 0 Å². The second-order valence-electron chi connectivity index (χ2n) is 2.90. The molecule has 0 saturated carbocycles. The van der Waals surface area contributed by atoms with Gasteiger partial charge in [-0.25, -0.2) is 0 Å². The van der Waals surface area contributed by atoms with Gasteiger partial charge in [0, 0.05) is 0 Å². The van der Waals surface area contributed by atoms with Gasteiger partial charge in [-0.1, -0.05) is 12.2 Å². The van der Waals surface area contributed by atoms with Gasteiger partial charge in [0.2, 0.25) is 0 Å². The molecule has 0 saturated heterocycles. The first kappa shape index (κ1) is 7.76. The molecule has 0 aromatic carbocycles. The van der Waals surface area contributed by atoms with Crippen molar-refractivity contribution in [2.24, 2.45) is 23.3 Å².